The Morgan fingerprint density at radius 3 is 2.18 bits per heavy atom. The smallest absolute Gasteiger partial charge is 0.394 e. The molecule has 1 rings (SSSR count). The molecule has 3 nitrogen and oxygen atoms in total. The van der Waals surface area contributed by atoms with Gasteiger partial charge in [0.2, 0.25) is 0 Å². The van der Waals surface area contributed by atoms with Crippen LogP contribution >= 0.6 is 8.86 Å². The van der Waals surface area contributed by atoms with E-state index in [1.54, 1.807) is 5.92 Å². The molecule has 0 aromatic heterocycles. The molecule has 1 saturated carbocycles. The topological polar surface area (TPSA) is 44.3 Å². The second-order valence-electron chi connectivity index (χ2n) is 4.30. The molecule has 0 saturated heterocycles. The molecule has 1 fully saturated rings. The van der Waals surface area contributed by atoms with Crippen molar-refractivity contribution in [2.75, 3.05) is 6.61 Å². The number of nitrogens with one attached hydrogen (secondary N) is 2. The van der Waals surface area contributed by atoms with Gasteiger partial charge in [-0.25, -0.2) is 0 Å². The van der Waals surface area contributed by atoms with Gasteiger partial charge >= 0.3 is 6.18 Å². The zero-order valence-electron chi connectivity index (χ0n) is 9.43. The molecule has 0 bridgehead atoms. The van der Waals surface area contributed by atoms with E-state index < -0.39 is 18.8 Å². The first kappa shape index (κ1) is 14.9. The summed E-state index contributed by atoms with van der Waals surface area (Å²) >= 11 is 0. The van der Waals surface area contributed by atoms with E-state index in [0.717, 1.165) is 12.8 Å². The van der Waals surface area contributed by atoms with Crippen molar-refractivity contribution in [3.05, 3.63) is 0 Å². The van der Waals surface area contributed by atoms with E-state index in [1.807, 2.05) is 0 Å². The quantitative estimate of drug-likeness (QED) is 0.660. The van der Waals surface area contributed by atoms with Crippen molar-refractivity contribution in [1.29, 1.82) is 0 Å². The molecule has 0 amide bonds. The van der Waals surface area contributed by atoms with Crippen molar-refractivity contribution in [2.24, 2.45) is 0 Å². The standard InChI is InChI=1S/C10H18F3N2OP/c11-10(12,13)9(5-16)15-8-3-1-7(2-4-8)14-6-17/h6-9,14-17H,1-5H2. The van der Waals surface area contributed by atoms with E-state index in [0.29, 0.717) is 18.9 Å². The molecule has 1 unspecified atom stereocenters. The predicted octanol–water partition coefficient (Wildman–Crippen LogP) is 1.30. The van der Waals surface area contributed by atoms with E-state index in [1.165, 1.54) is 0 Å². The Kier molecular flexibility index (Phi) is 5.86. The van der Waals surface area contributed by atoms with Gasteiger partial charge in [-0.15, -0.1) is 8.86 Å². The molecule has 1 aliphatic rings. The molecule has 100 valence electrons. The molecular weight excluding hydrogens is 252 g/mol. The van der Waals surface area contributed by atoms with Gasteiger partial charge < -0.3 is 10.4 Å². The molecule has 17 heavy (non-hydrogen) atoms. The van der Waals surface area contributed by atoms with Crippen molar-refractivity contribution in [3.63, 3.8) is 0 Å². The van der Waals surface area contributed by atoms with Crippen LogP contribution in [-0.4, -0.2) is 41.9 Å². The first-order chi connectivity index (χ1) is 7.97. The van der Waals surface area contributed by atoms with Gasteiger partial charge in [-0.3, -0.25) is 5.32 Å². The lowest BCUT2D eigenvalue weighted by molar-refractivity contribution is -0.166. The summed E-state index contributed by atoms with van der Waals surface area (Å²) in [4.78, 5) is 0. The normalized spacial score (nSPS) is 27.8. The Labute approximate surface area is 101 Å². The molecular formula is C10H18F3N2OP. The van der Waals surface area contributed by atoms with Gasteiger partial charge in [0.15, 0.2) is 0 Å². The minimum atomic E-state index is -4.38. The maximum absolute atomic E-state index is 12.4. The van der Waals surface area contributed by atoms with Crippen molar-refractivity contribution >= 4 is 14.8 Å². The van der Waals surface area contributed by atoms with Crippen molar-refractivity contribution in [1.82, 2.24) is 10.6 Å². The molecule has 0 radical (unpaired) electrons. The maximum atomic E-state index is 12.4. The van der Waals surface area contributed by atoms with Gasteiger partial charge in [0.05, 0.1) is 6.61 Å². The first-order valence-corrected chi connectivity index (χ1v) is 6.23. The lowest BCUT2D eigenvalue weighted by Crippen LogP contribution is -2.51. The number of aliphatic hydroxyl groups excluding tert-OH is 1. The van der Waals surface area contributed by atoms with E-state index in [9.17, 15) is 13.2 Å². The van der Waals surface area contributed by atoms with E-state index in [4.69, 9.17) is 5.11 Å². The average molecular weight is 270 g/mol. The number of hydrogen-bond donors (Lipinski definition) is 3. The Hall–Kier alpha value is -0.160. The lowest BCUT2D eigenvalue weighted by atomic mass is 9.91. The second-order valence-corrected chi connectivity index (χ2v) is 4.59. The molecule has 0 aliphatic heterocycles. The van der Waals surface area contributed by atoms with Crippen LogP contribution in [0.15, 0.2) is 0 Å². The molecule has 1 aliphatic carbocycles. The van der Waals surface area contributed by atoms with Gasteiger partial charge in [0.1, 0.15) is 6.04 Å². The summed E-state index contributed by atoms with van der Waals surface area (Å²) < 4.78 is 37.3. The third-order valence-corrected chi connectivity index (χ3v) is 3.23. The highest BCUT2D eigenvalue weighted by atomic mass is 31.0. The fourth-order valence-corrected chi connectivity index (χ4v) is 2.32. The van der Waals surface area contributed by atoms with Crippen LogP contribution in [0.5, 0.6) is 0 Å². The van der Waals surface area contributed by atoms with Crippen LogP contribution in [0.2, 0.25) is 0 Å². The molecule has 0 aromatic rings. The number of halogens is 3. The molecule has 1 atom stereocenters. The van der Waals surface area contributed by atoms with Gasteiger partial charge in [-0.05, 0) is 31.6 Å². The zero-order valence-corrected chi connectivity index (χ0v) is 10.4. The highest BCUT2D eigenvalue weighted by Crippen LogP contribution is 2.24. The summed E-state index contributed by atoms with van der Waals surface area (Å²) in [5, 5.41) is 14.3. The summed E-state index contributed by atoms with van der Waals surface area (Å²) in [6.45, 7) is -0.906. The van der Waals surface area contributed by atoms with Crippen LogP contribution in [0.3, 0.4) is 0 Å². The van der Waals surface area contributed by atoms with E-state index in [-0.39, 0.29) is 6.04 Å². The summed E-state index contributed by atoms with van der Waals surface area (Å²) in [6.07, 6.45) is -1.36. The van der Waals surface area contributed by atoms with Gasteiger partial charge in [-0.1, -0.05) is 0 Å². The van der Waals surface area contributed by atoms with Gasteiger partial charge in [0, 0.05) is 12.1 Å². The third kappa shape index (κ3) is 4.92. The van der Waals surface area contributed by atoms with Crippen molar-refractivity contribution in [2.45, 2.75) is 50.0 Å². The summed E-state index contributed by atoms with van der Waals surface area (Å²) in [7, 11) is 3.19. The van der Waals surface area contributed by atoms with E-state index in [2.05, 4.69) is 19.5 Å². The van der Waals surface area contributed by atoms with Crippen molar-refractivity contribution in [3.8, 4) is 0 Å². The van der Waals surface area contributed by atoms with Crippen LogP contribution < -0.4 is 10.6 Å². The summed E-state index contributed by atoms with van der Waals surface area (Å²) in [6, 6.07) is -1.65. The largest absolute Gasteiger partial charge is 0.406 e. The Morgan fingerprint density at radius 1 is 1.24 bits per heavy atom. The Bertz CT molecular complexity index is 242. The minimum Gasteiger partial charge on any atom is -0.394 e. The van der Waals surface area contributed by atoms with Crippen LogP contribution in [0, 0.1) is 0 Å². The predicted molar refractivity (Wildman–Crippen MR) is 63.6 cm³/mol. The van der Waals surface area contributed by atoms with E-state index >= 15 is 0 Å². The van der Waals surface area contributed by atoms with Crippen molar-refractivity contribution < 1.29 is 18.3 Å². The SMILES string of the molecule is OCC(NC1CCC(NC=P)CC1)C(F)(F)F. The van der Waals surface area contributed by atoms with Gasteiger partial charge in [0.25, 0.3) is 0 Å². The van der Waals surface area contributed by atoms with Crippen LogP contribution in [0.1, 0.15) is 25.7 Å². The Balaban J connectivity index is 2.36. The molecule has 3 N–H and O–H groups in total. The summed E-state index contributed by atoms with van der Waals surface area (Å²) in [5.74, 6) is 1.67. The number of rotatable bonds is 5. The highest BCUT2D eigenvalue weighted by Gasteiger charge is 2.40. The summed E-state index contributed by atoms with van der Waals surface area (Å²) in [5.41, 5.74) is 0. The number of aliphatic hydroxyl groups is 1. The monoisotopic (exact) mass is 270 g/mol. The highest BCUT2D eigenvalue weighted by molar-refractivity contribution is 7.18. The lowest BCUT2D eigenvalue weighted by Gasteiger charge is -2.32. The Morgan fingerprint density at radius 2 is 1.76 bits per heavy atom. The van der Waals surface area contributed by atoms with Crippen LogP contribution in [0.4, 0.5) is 13.2 Å². The first-order valence-electron chi connectivity index (χ1n) is 5.66. The molecule has 0 spiro atoms. The second kappa shape index (κ2) is 6.69. The molecule has 0 aromatic carbocycles. The van der Waals surface area contributed by atoms with Gasteiger partial charge in [-0.2, -0.15) is 13.2 Å². The number of hydrogen-bond acceptors (Lipinski definition) is 2. The maximum Gasteiger partial charge on any atom is 0.406 e. The van der Waals surface area contributed by atoms with Crippen LogP contribution in [0.25, 0.3) is 0 Å². The molecule has 0 heterocycles. The number of alkyl halides is 3. The molecule has 7 heteroatoms. The fourth-order valence-electron chi connectivity index (χ4n) is 2.08. The zero-order chi connectivity index (χ0) is 12.9. The van der Waals surface area contributed by atoms with Crippen LogP contribution in [-0.2, 0) is 0 Å². The minimum absolute atomic E-state index is 0.165. The third-order valence-electron chi connectivity index (χ3n) is 3.06. The fraction of sp³-hybridized carbons (Fsp3) is 0.900. The average Bonchev–Trinajstić information content (AvgIpc) is 2.27.